The van der Waals surface area contributed by atoms with Crippen LogP contribution in [0.3, 0.4) is 0 Å². The van der Waals surface area contributed by atoms with E-state index in [0.29, 0.717) is 35.2 Å². The van der Waals surface area contributed by atoms with Crippen LogP contribution in [0.2, 0.25) is 5.02 Å². The maximum atomic E-state index is 11.8. The number of nitrogens with one attached hydrogen (secondary N) is 2. The molecular weight excluding hydrogens is 712 g/mol. The summed E-state index contributed by atoms with van der Waals surface area (Å²) in [5, 5.41) is 6.34. The van der Waals surface area contributed by atoms with Crippen molar-refractivity contribution in [3.63, 3.8) is 0 Å². The monoisotopic (exact) mass is 745 g/mol. The number of carbonyl (C=O) groups is 1. The number of halogens is 2. The highest BCUT2D eigenvalue weighted by Crippen LogP contribution is 2.37. The zero-order valence-electron chi connectivity index (χ0n) is 23.3. The summed E-state index contributed by atoms with van der Waals surface area (Å²) in [6, 6.07) is 4.74. The number of benzene rings is 1. The van der Waals surface area contributed by atoms with E-state index in [-0.39, 0.29) is 23.6 Å². The first-order valence-corrected chi connectivity index (χ1v) is 16.8. The number of alkyl halides is 1. The molecule has 0 spiro atoms. The van der Waals surface area contributed by atoms with E-state index in [0.717, 1.165) is 35.6 Å². The second-order valence-corrected chi connectivity index (χ2v) is 13.3. The Kier molecular flexibility index (Phi) is 12.4. The molecule has 1 fully saturated rings. The van der Waals surface area contributed by atoms with Crippen molar-refractivity contribution in [1.82, 2.24) is 20.2 Å². The van der Waals surface area contributed by atoms with Crippen molar-refractivity contribution in [2.45, 2.75) is 35.6 Å². The number of amides is 1. The van der Waals surface area contributed by atoms with Gasteiger partial charge in [0.05, 0.1) is 29.6 Å². The highest BCUT2D eigenvalue weighted by molar-refractivity contribution is 14.1. The van der Waals surface area contributed by atoms with Crippen LogP contribution in [-0.2, 0) is 13.9 Å². The molecule has 1 unspecified atom stereocenters. The molecule has 1 saturated heterocycles. The maximum Gasteiger partial charge on any atom is 0.472 e. The number of piperidine rings is 1. The molecule has 43 heavy (non-hydrogen) atoms. The van der Waals surface area contributed by atoms with Gasteiger partial charge in [-0.1, -0.05) is 59.0 Å². The number of hydrogen-bond donors (Lipinski definition) is 4. The third kappa shape index (κ3) is 10.9. The molecule has 1 atom stereocenters. The smallest absolute Gasteiger partial charge is 0.472 e. The second-order valence-electron chi connectivity index (χ2n) is 9.86. The Bertz CT molecular complexity index is 1400. The highest BCUT2D eigenvalue weighted by Gasteiger charge is 2.19. The number of carbonyl (C=O) groups excluding carboxylic acids is 1. The van der Waals surface area contributed by atoms with Crippen molar-refractivity contribution in [3.8, 4) is 11.5 Å². The number of anilines is 2. The minimum absolute atomic E-state index is 0.229. The van der Waals surface area contributed by atoms with Crippen molar-refractivity contribution in [2.24, 2.45) is 0 Å². The number of rotatable bonds is 14. The number of allylic oxidation sites excluding steroid dienone is 2. The van der Waals surface area contributed by atoms with Gasteiger partial charge in [-0.05, 0) is 62.6 Å². The molecule has 1 aliphatic carbocycles. The molecule has 0 bridgehead atoms. The fourth-order valence-corrected chi connectivity index (χ4v) is 5.46. The van der Waals surface area contributed by atoms with Crippen LogP contribution in [-0.4, -0.2) is 73.6 Å². The van der Waals surface area contributed by atoms with Crippen LogP contribution < -0.4 is 20.1 Å². The molecule has 2 aromatic rings. The Morgan fingerprint density at radius 3 is 2.79 bits per heavy atom. The summed E-state index contributed by atoms with van der Waals surface area (Å²) in [7, 11) is -4.70. The van der Waals surface area contributed by atoms with Crippen molar-refractivity contribution >= 4 is 65.1 Å². The molecule has 1 aromatic heterocycles. The largest absolute Gasteiger partial charge is 0.490 e. The molecule has 0 saturated carbocycles. The predicted molar refractivity (Wildman–Crippen MR) is 173 cm³/mol. The van der Waals surface area contributed by atoms with Gasteiger partial charge < -0.3 is 34.8 Å². The zero-order chi connectivity index (χ0) is 30.8. The van der Waals surface area contributed by atoms with Crippen LogP contribution in [0.15, 0.2) is 55.3 Å². The maximum absolute atomic E-state index is 11.8. The lowest BCUT2D eigenvalue weighted by molar-refractivity contribution is -0.116. The first-order valence-electron chi connectivity index (χ1n) is 13.7. The van der Waals surface area contributed by atoms with Crippen molar-refractivity contribution in [3.05, 3.63) is 66.0 Å². The van der Waals surface area contributed by atoms with E-state index < -0.39 is 14.6 Å². The van der Waals surface area contributed by atoms with Gasteiger partial charge in [0.15, 0.2) is 11.5 Å². The van der Waals surface area contributed by atoms with E-state index in [1.807, 2.05) is 18.2 Å². The van der Waals surface area contributed by atoms with Crippen LogP contribution in [0.5, 0.6) is 11.5 Å². The van der Waals surface area contributed by atoms with Gasteiger partial charge in [-0.25, -0.2) is 19.1 Å². The number of phosphoric ester groups is 1. The fourth-order valence-electron chi connectivity index (χ4n) is 4.51. The molecule has 1 aliphatic heterocycles. The molecule has 15 heteroatoms. The summed E-state index contributed by atoms with van der Waals surface area (Å²) in [6.07, 6.45) is 12.2. The Morgan fingerprint density at radius 1 is 1.26 bits per heavy atom. The molecular formula is C28H34ClIN5O7P. The summed E-state index contributed by atoms with van der Waals surface area (Å²) in [4.78, 5) is 41.1. The van der Waals surface area contributed by atoms with E-state index in [9.17, 15) is 9.36 Å². The highest BCUT2D eigenvalue weighted by atomic mass is 127. The van der Waals surface area contributed by atoms with Crippen molar-refractivity contribution in [2.75, 3.05) is 38.4 Å². The van der Waals surface area contributed by atoms with Gasteiger partial charge in [-0.2, -0.15) is 0 Å². The van der Waals surface area contributed by atoms with Crippen molar-refractivity contribution in [1.29, 1.82) is 0 Å². The lowest BCUT2D eigenvalue weighted by Gasteiger charge is -2.29. The molecule has 4 rings (SSSR count). The SMILES string of the molecule is C=CC(=O)NC1C=C(c2nc(Nc3ccc(OCOP(=O)(O)O)c(OCCCN4CCC(I)CC4)c3)ncc2Cl)C=CC1. The minimum atomic E-state index is -4.70. The predicted octanol–water partition coefficient (Wildman–Crippen LogP) is 5.00. The van der Waals surface area contributed by atoms with Gasteiger partial charge in [0, 0.05) is 22.2 Å². The fraction of sp³-hybridized carbons (Fsp3) is 0.393. The van der Waals surface area contributed by atoms with Crippen LogP contribution >= 0.6 is 42.0 Å². The first-order chi connectivity index (χ1) is 20.6. The summed E-state index contributed by atoms with van der Waals surface area (Å²) < 4.78 is 27.7. The molecule has 2 aliphatic rings. The summed E-state index contributed by atoms with van der Waals surface area (Å²) in [5.41, 5.74) is 1.81. The van der Waals surface area contributed by atoms with Crippen LogP contribution in [0, 0.1) is 0 Å². The van der Waals surface area contributed by atoms with Crippen LogP contribution in [0.25, 0.3) is 5.57 Å². The van der Waals surface area contributed by atoms with Gasteiger partial charge in [0.1, 0.15) is 0 Å². The normalized spacial score (nSPS) is 17.7. The van der Waals surface area contributed by atoms with E-state index in [1.165, 1.54) is 25.1 Å². The van der Waals surface area contributed by atoms with Crippen LogP contribution in [0.4, 0.5) is 11.6 Å². The van der Waals surface area contributed by atoms with Gasteiger partial charge in [-0.15, -0.1) is 0 Å². The van der Waals surface area contributed by atoms with Gasteiger partial charge >= 0.3 is 7.82 Å². The van der Waals surface area contributed by atoms with Gasteiger partial charge in [0.2, 0.25) is 18.6 Å². The lowest BCUT2D eigenvalue weighted by Crippen LogP contribution is -2.35. The van der Waals surface area contributed by atoms with E-state index >= 15 is 0 Å². The lowest BCUT2D eigenvalue weighted by atomic mass is 10.00. The molecule has 12 nitrogen and oxygen atoms in total. The first kappa shape index (κ1) is 33.4. The average Bonchev–Trinajstić information content (AvgIpc) is 2.97. The third-order valence-electron chi connectivity index (χ3n) is 6.63. The Labute approximate surface area is 268 Å². The number of likely N-dealkylation sites (tertiary alicyclic amines) is 1. The Balaban J connectivity index is 1.46. The number of phosphoric acid groups is 1. The molecule has 1 amide bonds. The van der Waals surface area contributed by atoms with E-state index in [2.05, 4.69) is 59.2 Å². The summed E-state index contributed by atoms with van der Waals surface area (Å²) in [5.74, 6) is 0.617. The third-order valence-corrected chi connectivity index (χ3v) is 8.59. The standard InChI is InChI=1S/C28H34ClIN5O7P/c1-2-26(36)32-21-6-3-5-19(15-21)27-23(29)17-31-28(34-27)33-22-7-8-24(41-18-42-43(37,38)39)25(16-22)40-14-4-11-35-12-9-20(30)10-13-35/h2-3,5,7-8,15-17,20-21H,1,4,6,9-14,18H2,(H,32,36)(H,31,33,34)(H2,37,38,39). The van der Waals surface area contributed by atoms with Gasteiger partial charge in [-0.3, -0.25) is 4.79 Å². The number of nitrogens with zero attached hydrogens (tertiary/aromatic N) is 3. The van der Waals surface area contributed by atoms with Crippen molar-refractivity contribution < 1.29 is 33.1 Å². The molecule has 4 N–H and O–H groups in total. The zero-order valence-corrected chi connectivity index (χ0v) is 27.1. The number of ether oxygens (including phenoxy) is 2. The molecule has 232 valence electrons. The minimum Gasteiger partial charge on any atom is -0.490 e. The Morgan fingerprint density at radius 2 is 2.05 bits per heavy atom. The average molecular weight is 746 g/mol. The van der Waals surface area contributed by atoms with Gasteiger partial charge in [0.25, 0.3) is 0 Å². The second kappa shape index (κ2) is 16.0. The quantitative estimate of drug-likeness (QED) is 0.0516. The molecule has 0 radical (unpaired) electrons. The Hall–Kier alpha value is -2.52. The molecule has 2 heterocycles. The summed E-state index contributed by atoms with van der Waals surface area (Å²) >= 11 is 8.94. The summed E-state index contributed by atoms with van der Waals surface area (Å²) in [6.45, 7) is 6.29. The van der Waals surface area contributed by atoms with E-state index in [4.69, 9.17) is 30.9 Å². The van der Waals surface area contributed by atoms with Crippen LogP contribution in [0.1, 0.15) is 31.4 Å². The number of aromatic nitrogens is 2. The molecule has 1 aromatic carbocycles. The van der Waals surface area contributed by atoms with E-state index in [1.54, 1.807) is 18.2 Å². The number of hydrogen-bond acceptors (Lipinski definition) is 9. The topological polar surface area (TPSA) is 155 Å².